The maximum atomic E-state index is 8.81. The van der Waals surface area contributed by atoms with E-state index < -0.39 is 0 Å². The van der Waals surface area contributed by atoms with Gasteiger partial charge in [-0.25, -0.2) is 0 Å². The number of nitriles is 2. The molecule has 0 saturated carbocycles. The molecule has 98 valence electrons. The number of hydrogen-bond acceptors (Lipinski definition) is 3. The number of rotatable bonds is 3. The second-order valence-corrected chi connectivity index (χ2v) is 4.81. The summed E-state index contributed by atoms with van der Waals surface area (Å²) in [6.07, 6.45) is 0. The molecule has 2 aromatic carbocycles. The third-order valence-electron chi connectivity index (χ3n) is 3.01. The first-order valence-corrected chi connectivity index (χ1v) is 6.48. The normalized spacial score (nSPS) is 11.2. The Morgan fingerprint density at radius 1 is 1.00 bits per heavy atom. The van der Waals surface area contributed by atoms with Gasteiger partial charge in [-0.2, -0.15) is 10.5 Å². The molecule has 0 aliphatic rings. The van der Waals surface area contributed by atoms with Crippen LogP contribution in [0.2, 0.25) is 5.02 Å². The van der Waals surface area contributed by atoms with Crippen LogP contribution in [0.25, 0.3) is 0 Å². The molecule has 0 heterocycles. The van der Waals surface area contributed by atoms with E-state index in [-0.39, 0.29) is 6.04 Å². The number of anilines is 1. The monoisotopic (exact) mass is 281 g/mol. The highest BCUT2D eigenvalue weighted by Crippen LogP contribution is 2.27. The lowest BCUT2D eigenvalue weighted by atomic mass is 10.1. The van der Waals surface area contributed by atoms with E-state index >= 15 is 0 Å². The first-order chi connectivity index (χ1) is 9.63. The van der Waals surface area contributed by atoms with E-state index in [9.17, 15) is 0 Å². The van der Waals surface area contributed by atoms with Crippen LogP contribution in [0.15, 0.2) is 42.5 Å². The third-order valence-corrected chi connectivity index (χ3v) is 3.32. The van der Waals surface area contributed by atoms with Crippen LogP contribution in [0.3, 0.4) is 0 Å². The van der Waals surface area contributed by atoms with Gasteiger partial charge in [0, 0.05) is 6.04 Å². The molecule has 1 N–H and O–H groups in total. The van der Waals surface area contributed by atoms with Crippen molar-refractivity contribution < 1.29 is 0 Å². The fraction of sp³-hybridized carbons (Fsp3) is 0.125. The molecule has 0 fully saturated rings. The summed E-state index contributed by atoms with van der Waals surface area (Å²) >= 11 is 6.13. The van der Waals surface area contributed by atoms with E-state index in [4.69, 9.17) is 22.1 Å². The topological polar surface area (TPSA) is 59.6 Å². The van der Waals surface area contributed by atoms with Crippen LogP contribution in [0.5, 0.6) is 0 Å². The summed E-state index contributed by atoms with van der Waals surface area (Å²) in [5.74, 6) is 0. The van der Waals surface area contributed by atoms with Gasteiger partial charge in [0.15, 0.2) is 0 Å². The van der Waals surface area contributed by atoms with Gasteiger partial charge in [-0.15, -0.1) is 0 Å². The molecule has 1 atom stereocenters. The predicted octanol–water partition coefficient (Wildman–Crippen LogP) is 4.26. The molecule has 0 saturated heterocycles. The minimum Gasteiger partial charge on any atom is -0.377 e. The van der Waals surface area contributed by atoms with Gasteiger partial charge in [-0.3, -0.25) is 0 Å². The summed E-state index contributed by atoms with van der Waals surface area (Å²) in [7, 11) is 0. The average Bonchev–Trinajstić information content (AvgIpc) is 2.49. The van der Waals surface area contributed by atoms with E-state index in [1.165, 1.54) is 0 Å². The van der Waals surface area contributed by atoms with E-state index in [1.807, 2.05) is 25.1 Å². The van der Waals surface area contributed by atoms with Gasteiger partial charge in [-0.05, 0) is 42.8 Å². The first kappa shape index (κ1) is 13.9. The van der Waals surface area contributed by atoms with Gasteiger partial charge >= 0.3 is 0 Å². The Labute approximate surface area is 123 Å². The molecule has 20 heavy (non-hydrogen) atoms. The van der Waals surface area contributed by atoms with Gasteiger partial charge in [0.1, 0.15) is 0 Å². The van der Waals surface area contributed by atoms with Crippen LogP contribution in [0, 0.1) is 22.7 Å². The van der Waals surface area contributed by atoms with Crippen molar-refractivity contribution in [3.05, 3.63) is 64.2 Å². The van der Waals surface area contributed by atoms with E-state index in [0.717, 1.165) is 11.3 Å². The Bertz CT molecular complexity index is 693. The lowest BCUT2D eigenvalue weighted by Gasteiger charge is -2.17. The summed E-state index contributed by atoms with van der Waals surface area (Å²) in [6, 6.07) is 16.7. The Balaban J connectivity index is 2.17. The first-order valence-electron chi connectivity index (χ1n) is 6.10. The average molecular weight is 282 g/mol. The van der Waals surface area contributed by atoms with Crippen molar-refractivity contribution >= 4 is 17.3 Å². The fourth-order valence-corrected chi connectivity index (χ4v) is 2.10. The van der Waals surface area contributed by atoms with Crippen molar-refractivity contribution in [1.29, 1.82) is 10.5 Å². The van der Waals surface area contributed by atoms with Crippen LogP contribution < -0.4 is 5.32 Å². The molecule has 0 bridgehead atoms. The van der Waals surface area contributed by atoms with Crippen molar-refractivity contribution in [3.8, 4) is 12.1 Å². The van der Waals surface area contributed by atoms with Crippen LogP contribution in [0.1, 0.15) is 29.7 Å². The molecule has 2 rings (SSSR count). The van der Waals surface area contributed by atoms with Gasteiger partial charge in [-0.1, -0.05) is 23.7 Å². The van der Waals surface area contributed by atoms with Crippen molar-refractivity contribution in [3.63, 3.8) is 0 Å². The minimum absolute atomic E-state index is 0.0492. The number of benzene rings is 2. The Morgan fingerprint density at radius 2 is 1.60 bits per heavy atom. The summed E-state index contributed by atoms with van der Waals surface area (Å²) in [4.78, 5) is 0. The molecule has 0 aliphatic heterocycles. The van der Waals surface area contributed by atoms with Crippen LogP contribution in [0.4, 0.5) is 5.69 Å². The van der Waals surface area contributed by atoms with E-state index in [0.29, 0.717) is 16.1 Å². The number of nitrogens with zero attached hydrogens (tertiary/aromatic N) is 2. The summed E-state index contributed by atoms with van der Waals surface area (Å²) < 4.78 is 0. The quantitative estimate of drug-likeness (QED) is 0.914. The number of halogens is 1. The Hall–Kier alpha value is -2.49. The highest BCUT2D eigenvalue weighted by molar-refractivity contribution is 6.33. The Kier molecular flexibility index (Phi) is 4.25. The van der Waals surface area contributed by atoms with E-state index in [1.54, 1.807) is 30.3 Å². The number of nitrogens with one attached hydrogen (secondary N) is 1. The van der Waals surface area contributed by atoms with Crippen LogP contribution in [-0.4, -0.2) is 0 Å². The summed E-state index contributed by atoms with van der Waals surface area (Å²) in [5.41, 5.74) is 3.01. The number of hydrogen-bond donors (Lipinski definition) is 1. The van der Waals surface area contributed by atoms with Crippen LogP contribution >= 0.6 is 11.6 Å². The fourth-order valence-electron chi connectivity index (χ4n) is 1.86. The third kappa shape index (κ3) is 3.09. The molecule has 0 amide bonds. The molecule has 1 unspecified atom stereocenters. The SMILES string of the molecule is CC(Nc1ccc(C#N)cc1Cl)c1ccc(C#N)cc1. The molecule has 0 spiro atoms. The Morgan fingerprint density at radius 3 is 2.15 bits per heavy atom. The van der Waals surface area contributed by atoms with Crippen molar-refractivity contribution in [2.75, 3.05) is 5.32 Å². The lowest BCUT2D eigenvalue weighted by Crippen LogP contribution is -2.07. The molecular weight excluding hydrogens is 270 g/mol. The predicted molar refractivity (Wildman–Crippen MR) is 79.4 cm³/mol. The maximum Gasteiger partial charge on any atom is 0.0992 e. The lowest BCUT2D eigenvalue weighted by molar-refractivity contribution is 0.884. The molecule has 0 aliphatic carbocycles. The van der Waals surface area contributed by atoms with Gasteiger partial charge < -0.3 is 5.32 Å². The molecule has 4 heteroatoms. The van der Waals surface area contributed by atoms with Crippen molar-refractivity contribution in [2.24, 2.45) is 0 Å². The molecule has 0 radical (unpaired) electrons. The smallest absolute Gasteiger partial charge is 0.0992 e. The van der Waals surface area contributed by atoms with Gasteiger partial charge in [0.05, 0.1) is 34.0 Å². The highest BCUT2D eigenvalue weighted by Gasteiger charge is 2.08. The van der Waals surface area contributed by atoms with Crippen molar-refractivity contribution in [2.45, 2.75) is 13.0 Å². The highest BCUT2D eigenvalue weighted by atomic mass is 35.5. The summed E-state index contributed by atoms with van der Waals surface area (Å²) in [5, 5.41) is 21.4. The zero-order chi connectivity index (χ0) is 14.5. The standard InChI is InChI=1S/C16H12ClN3/c1-11(14-5-2-12(9-18)3-6-14)20-16-7-4-13(10-19)8-15(16)17/h2-8,11,20H,1H3. The maximum absolute atomic E-state index is 8.81. The zero-order valence-electron chi connectivity index (χ0n) is 10.9. The zero-order valence-corrected chi connectivity index (χ0v) is 11.6. The van der Waals surface area contributed by atoms with Crippen molar-refractivity contribution in [1.82, 2.24) is 0 Å². The van der Waals surface area contributed by atoms with Crippen LogP contribution in [-0.2, 0) is 0 Å². The minimum atomic E-state index is 0.0492. The second-order valence-electron chi connectivity index (χ2n) is 4.41. The molecule has 0 aromatic heterocycles. The molecule has 2 aromatic rings. The summed E-state index contributed by atoms with van der Waals surface area (Å²) in [6.45, 7) is 2.01. The molecule has 3 nitrogen and oxygen atoms in total. The van der Waals surface area contributed by atoms with E-state index in [2.05, 4.69) is 11.4 Å². The molecular formula is C16H12ClN3. The largest absolute Gasteiger partial charge is 0.377 e. The van der Waals surface area contributed by atoms with Gasteiger partial charge in [0.25, 0.3) is 0 Å². The van der Waals surface area contributed by atoms with Gasteiger partial charge in [0.2, 0.25) is 0 Å². The second kappa shape index (κ2) is 6.10.